The van der Waals surface area contributed by atoms with Crippen molar-refractivity contribution >= 4 is 0 Å². The summed E-state index contributed by atoms with van der Waals surface area (Å²) >= 11 is 0. The predicted molar refractivity (Wildman–Crippen MR) is 71.2 cm³/mol. The van der Waals surface area contributed by atoms with Crippen molar-refractivity contribution in [2.24, 2.45) is 0 Å². The van der Waals surface area contributed by atoms with Gasteiger partial charge in [0, 0.05) is 31.0 Å². The van der Waals surface area contributed by atoms with Crippen LogP contribution in [0.15, 0.2) is 36.7 Å². The minimum atomic E-state index is 0.335. The van der Waals surface area contributed by atoms with E-state index >= 15 is 0 Å². The van der Waals surface area contributed by atoms with Crippen LogP contribution in [0, 0.1) is 0 Å². The van der Waals surface area contributed by atoms with E-state index in [9.17, 15) is 5.11 Å². The molecule has 0 bridgehead atoms. The van der Waals surface area contributed by atoms with Crippen molar-refractivity contribution in [1.82, 2.24) is 14.9 Å². The maximum absolute atomic E-state index is 9.65. The molecule has 0 aliphatic carbocycles. The monoisotopic (exact) mass is 245 g/mol. The van der Waals surface area contributed by atoms with Gasteiger partial charge >= 0.3 is 0 Å². The fourth-order valence-electron chi connectivity index (χ4n) is 1.92. The summed E-state index contributed by atoms with van der Waals surface area (Å²) in [6, 6.07) is 7.37. The van der Waals surface area contributed by atoms with E-state index in [1.54, 1.807) is 6.07 Å². The number of nitrogens with one attached hydrogen (secondary N) is 1. The Morgan fingerprint density at radius 1 is 1.28 bits per heavy atom. The van der Waals surface area contributed by atoms with Crippen LogP contribution in [-0.4, -0.2) is 14.7 Å². The van der Waals surface area contributed by atoms with Crippen LogP contribution >= 0.6 is 0 Å². The van der Waals surface area contributed by atoms with Crippen molar-refractivity contribution in [3.63, 3.8) is 0 Å². The number of rotatable bonds is 6. The largest absolute Gasteiger partial charge is 0.508 e. The van der Waals surface area contributed by atoms with Gasteiger partial charge in [0.15, 0.2) is 0 Å². The lowest BCUT2D eigenvalue weighted by molar-refractivity contribution is 0.463. The topological polar surface area (TPSA) is 50.1 Å². The molecule has 2 N–H and O–H groups in total. The van der Waals surface area contributed by atoms with E-state index in [4.69, 9.17) is 0 Å². The molecule has 1 aromatic heterocycles. The number of phenolic OH excluding ortho intramolecular Hbond substituents is 1. The van der Waals surface area contributed by atoms with E-state index in [0.29, 0.717) is 18.8 Å². The second kappa shape index (κ2) is 6.21. The zero-order chi connectivity index (χ0) is 12.8. The van der Waals surface area contributed by atoms with Gasteiger partial charge < -0.3 is 15.0 Å². The van der Waals surface area contributed by atoms with Crippen LogP contribution in [0.1, 0.15) is 24.7 Å². The number of imidazole rings is 1. The maximum Gasteiger partial charge on any atom is 0.122 e. The lowest BCUT2D eigenvalue weighted by Gasteiger charge is -2.08. The average molecular weight is 245 g/mol. The molecular weight excluding hydrogens is 226 g/mol. The molecule has 0 amide bonds. The second-order valence-electron chi connectivity index (χ2n) is 4.27. The summed E-state index contributed by atoms with van der Waals surface area (Å²) in [4.78, 5) is 4.33. The summed E-state index contributed by atoms with van der Waals surface area (Å²) < 4.78 is 2.15. The van der Waals surface area contributed by atoms with E-state index in [1.165, 1.54) is 0 Å². The molecule has 0 saturated carbocycles. The molecule has 0 spiro atoms. The minimum absolute atomic E-state index is 0.335. The Morgan fingerprint density at radius 2 is 2.11 bits per heavy atom. The van der Waals surface area contributed by atoms with Crippen LogP contribution in [0.2, 0.25) is 0 Å². The number of aromatic nitrogens is 2. The molecule has 0 radical (unpaired) electrons. The SMILES string of the molecule is CCCn1ccnc1CNCc1ccccc1O. The quantitative estimate of drug-likeness (QED) is 0.821. The third-order valence-electron chi connectivity index (χ3n) is 2.86. The van der Waals surface area contributed by atoms with E-state index in [1.807, 2.05) is 30.6 Å². The van der Waals surface area contributed by atoms with E-state index < -0.39 is 0 Å². The Labute approximate surface area is 107 Å². The lowest BCUT2D eigenvalue weighted by Crippen LogP contribution is -2.16. The lowest BCUT2D eigenvalue weighted by atomic mass is 10.2. The van der Waals surface area contributed by atoms with Gasteiger partial charge in [0.1, 0.15) is 11.6 Å². The van der Waals surface area contributed by atoms with Crippen LogP contribution in [-0.2, 0) is 19.6 Å². The number of aromatic hydroxyl groups is 1. The zero-order valence-electron chi connectivity index (χ0n) is 10.6. The van der Waals surface area contributed by atoms with Gasteiger partial charge in [-0.2, -0.15) is 0 Å². The number of aryl methyl sites for hydroxylation is 1. The van der Waals surface area contributed by atoms with E-state index in [0.717, 1.165) is 24.4 Å². The molecular formula is C14H19N3O. The predicted octanol–water partition coefficient (Wildman–Crippen LogP) is 2.29. The van der Waals surface area contributed by atoms with E-state index in [2.05, 4.69) is 21.8 Å². The first-order valence-electron chi connectivity index (χ1n) is 6.29. The van der Waals surface area contributed by atoms with Crippen molar-refractivity contribution in [3.8, 4) is 5.75 Å². The summed E-state index contributed by atoms with van der Waals surface area (Å²) in [6.45, 7) is 4.50. The molecule has 4 heteroatoms. The zero-order valence-corrected chi connectivity index (χ0v) is 10.6. The highest BCUT2D eigenvalue weighted by molar-refractivity contribution is 5.31. The summed E-state index contributed by atoms with van der Waals surface area (Å²) in [5, 5.41) is 12.9. The first-order valence-corrected chi connectivity index (χ1v) is 6.29. The Balaban J connectivity index is 1.88. The van der Waals surface area contributed by atoms with Crippen molar-refractivity contribution in [2.45, 2.75) is 33.0 Å². The Kier molecular flexibility index (Phi) is 4.36. The molecule has 2 aromatic rings. The number of phenols is 1. The van der Waals surface area contributed by atoms with E-state index in [-0.39, 0.29) is 0 Å². The van der Waals surface area contributed by atoms with Gasteiger partial charge in [-0.15, -0.1) is 0 Å². The fourth-order valence-corrected chi connectivity index (χ4v) is 1.92. The Hall–Kier alpha value is -1.81. The Bertz CT molecular complexity index is 493. The third-order valence-corrected chi connectivity index (χ3v) is 2.86. The van der Waals surface area contributed by atoms with Crippen molar-refractivity contribution < 1.29 is 5.11 Å². The smallest absolute Gasteiger partial charge is 0.122 e. The molecule has 4 nitrogen and oxygen atoms in total. The van der Waals surface area contributed by atoms with Gasteiger partial charge in [-0.25, -0.2) is 4.98 Å². The van der Waals surface area contributed by atoms with Gasteiger partial charge in [0.2, 0.25) is 0 Å². The van der Waals surface area contributed by atoms with Crippen LogP contribution in [0.5, 0.6) is 5.75 Å². The third kappa shape index (κ3) is 3.11. The number of benzene rings is 1. The second-order valence-corrected chi connectivity index (χ2v) is 4.27. The summed E-state index contributed by atoms with van der Waals surface area (Å²) in [6.07, 6.45) is 4.93. The van der Waals surface area contributed by atoms with Crippen molar-refractivity contribution in [3.05, 3.63) is 48.0 Å². The molecule has 0 unspecified atom stereocenters. The Morgan fingerprint density at radius 3 is 2.89 bits per heavy atom. The fraction of sp³-hybridized carbons (Fsp3) is 0.357. The molecule has 1 aromatic carbocycles. The average Bonchev–Trinajstić information content (AvgIpc) is 2.80. The van der Waals surface area contributed by atoms with Gasteiger partial charge in [0.25, 0.3) is 0 Å². The summed E-state index contributed by atoms with van der Waals surface area (Å²) in [5.74, 6) is 1.37. The molecule has 1 heterocycles. The molecule has 0 aliphatic rings. The highest BCUT2D eigenvalue weighted by atomic mass is 16.3. The maximum atomic E-state index is 9.65. The minimum Gasteiger partial charge on any atom is -0.508 e. The molecule has 0 aliphatic heterocycles. The first-order chi connectivity index (χ1) is 8.81. The van der Waals surface area contributed by atoms with Crippen molar-refractivity contribution in [2.75, 3.05) is 0 Å². The van der Waals surface area contributed by atoms with Crippen molar-refractivity contribution in [1.29, 1.82) is 0 Å². The van der Waals surface area contributed by atoms with Gasteiger partial charge in [-0.05, 0) is 12.5 Å². The number of hydrogen-bond acceptors (Lipinski definition) is 3. The summed E-state index contributed by atoms with van der Waals surface area (Å²) in [7, 11) is 0. The van der Waals surface area contributed by atoms with Gasteiger partial charge in [0.05, 0.1) is 6.54 Å². The van der Waals surface area contributed by atoms with Crippen LogP contribution in [0.25, 0.3) is 0 Å². The van der Waals surface area contributed by atoms with Gasteiger partial charge in [-0.1, -0.05) is 25.1 Å². The highest BCUT2D eigenvalue weighted by Crippen LogP contribution is 2.14. The molecule has 18 heavy (non-hydrogen) atoms. The van der Waals surface area contributed by atoms with Crippen LogP contribution < -0.4 is 5.32 Å². The van der Waals surface area contributed by atoms with Crippen LogP contribution in [0.4, 0.5) is 0 Å². The molecule has 0 fully saturated rings. The highest BCUT2D eigenvalue weighted by Gasteiger charge is 2.03. The first kappa shape index (κ1) is 12.6. The molecule has 0 atom stereocenters. The van der Waals surface area contributed by atoms with Crippen LogP contribution in [0.3, 0.4) is 0 Å². The number of hydrogen-bond donors (Lipinski definition) is 2. The number of para-hydroxylation sites is 1. The molecule has 96 valence electrons. The molecule has 2 rings (SSSR count). The van der Waals surface area contributed by atoms with Gasteiger partial charge in [-0.3, -0.25) is 0 Å². The summed E-state index contributed by atoms with van der Waals surface area (Å²) in [5.41, 5.74) is 0.908. The standard InChI is InChI=1S/C14H19N3O/c1-2-8-17-9-7-16-14(17)11-15-10-12-5-3-4-6-13(12)18/h3-7,9,15,18H,2,8,10-11H2,1H3. The number of nitrogens with zero attached hydrogens (tertiary/aromatic N) is 2. The molecule has 0 saturated heterocycles. The normalized spacial score (nSPS) is 10.7.